The summed E-state index contributed by atoms with van der Waals surface area (Å²) in [5, 5.41) is 2.04. The smallest absolute Gasteiger partial charge is 0.184 e. The van der Waals surface area contributed by atoms with Crippen molar-refractivity contribution in [3.05, 3.63) is 47.9 Å². The first-order valence-corrected chi connectivity index (χ1v) is 7.32. The molecule has 0 aromatic carbocycles. The van der Waals surface area contributed by atoms with E-state index in [-0.39, 0.29) is 0 Å². The molecule has 6 heteroatoms. The van der Waals surface area contributed by atoms with E-state index in [2.05, 4.69) is 20.6 Å². The molecule has 0 aliphatic carbocycles. The fourth-order valence-electron chi connectivity index (χ4n) is 2.19. The number of aromatic nitrogens is 3. The van der Waals surface area contributed by atoms with Gasteiger partial charge in [0, 0.05) is 24.7 Å². The van der Waals surface area contributed by atoms with Gasteiger partial charge >= 0.3 is 0 Å². The third kappa shape index (κ3) is 2.62. The summed E-state index contributed by atoms with van der Waals surface area (Å²) in [5.74, 6) is 2.27. The molecule has 21 heavy (non-hydrogen) atoms. The zero-order valence-electron chi connectivity index (χ0n) is 11.8. The lowest BCUT2D eigenvalue weighted by molar-refractivity contribution is 0.348. The number of nitrogens with zero attached hydrogens (tertiary/aromatic N) is 3. The first-order chi connectivity index (χ1) is 10.3. The van der Waals surface area contributed by atoms with Gasteiger partial charge in [0.1, 0.15) is 11.5 Å². The lowest BCUT2D eigenvalue weighted by Gasteiger charge is -2.13. The topological polar surface area (TPSA) is 49.2 Å². The minimum Gasteiger partial charge on any atom is -0.493 e. The molecule has 0 fully saturated rings. The SMILES string of the molecule is COc1ccnc(Cn2ccnc2-c2cccs2)c1OC. The Hall–Kier alpha value is -2.34. The molecular formula is C15H15N3O2S. The molecule has 0 aliphatic heterocycles. The molecule has 0 spiro atoms. The lowest BCUT2D eigenvalue weighted by Crippen LogP contribution is -2.05. The van der Waals surface area contributed by atoms with E-state index in [0.717, 1.165) is 16.4 Å². The molecule has 0 saturated heterocycles. The van der Waals surface area contributed by atoms with Crippen molar-refractivity contribution in [1.29, 1.82) is 0 Å². The minimum absolute atomic E-state index is 0.577. The summed E-state index contributed by atoms with van der Waals surface area (Å²) in [6.07, 6.45) is 5.45. The van der Waals surface area contributed by atoms with E-state index < -0.39 is 0 Å². The normalized spacial score (nSPS) is 10.6. The van der Waals surface area contributed by atoms with Crippen LogP contribution in [0.2, 0.25) is 0 Å². The van der Waals surface area contributed by atoms with Crippen LogP contribution in [0.5, 0.6) is 11.5 Å². The first-order valence-electron chi connectivity index (χ1n) is 6.44. The van der Waals surface area contributed by atoms with Gasteiger partial charge in [0.05, 0.1) is 25.6 Å². The number of hydrogen-bond donors (Lipinski definition) is 0. The average molecular weight is 301 g/mol. The fourth-order valence-corrected chi connectivity index (χ4v) is 2.93. The summed E-state index contributed by atoms with van der Waals surface area (Å²) in [6.45, 7) is 0.577. The number of methoxy groups -OCH3 is 2. The Morgan fingerprint density at radius 2 is 2.05 bits per heavy atom. The summed E-state index contributed by atoms with van der Waals surface area (Å²) in [4.78, 5) is 9.96. The molecule has 0 amide bonds. The van der Waals surface area contributed by atoms with Gasteiger partial charge in [-0.05, 0) is 11.4 Å². The third-order valence-electron chi connectivity index (χ3n) is 3.14. The van der Waals surface area contributed by atoms with E-state index in [9.17, 15) is 0 Å². The fraction of sp³-hybridized carbons (Fsp3) is 0.200. The van der Waals surface area contributed by atoms with Gasteiger partial charge in [-0.15, -0.1) is 11.3 Å². The highest BCUT2D eigenvalue weighted by Crippen LogP contribution is 2.30. The van der Waals surface area contributed by atoms with Crippen molar-refractivity contribution < 1.29 is 9.47 Å². The van der Waals surface area contributed by atoms with Crippen molar-refractivity contribution in [2.75, 3.05) is 14.2 Å². The number of ether oxygens (including phenoxy) is 2. The van der Waals surface area contributed by atoms with Gasteiger partial charge < -0.3 is 14.0 Å². The quantitative estimate of drug-likeness (QED) is 0.726. The van der Waals surface area contributed by atoms with Crippen LogP contribution in [0, 0.1) is 0 Å². The second-order valence-electron chi connectivity index (χ2n) is 4.35. The van der Waals surface area contributed by atoms with E-state index in [1.807, 2.05) is 17.6 Å². The highest BCUT2D eigenvalue weighted by atomic mass is 32.1. The Balaban J connectivity index is 1.97. The second-order valence-corrected chi connectivity index (χ2v) is 5.30. The van der Waals surface area contributed by atoms with Crippen LogP contribution in [-0.4, -0.2) is 28.8 Å². The lowest BCUT2D eigenvalue weighted by atomic mass is 10.3. The van der Waals surface area contributed by atoms with Crippen LogP contribution >= 0.6 is 11.3 Å². The number of rotatable bonds is 5. The van der Waals surface area contributed by atoms with E-state index in [0.29, 0.717) is 18.0 Å². The summed E-state index contributed by atoms with van der Waals surface area (Å²) in [6, 6.07) is 5.86. The Labute approximate surface area is 126 Å². The molecule has 0 bridgehead atoms. The van der Waals surface area contributed by atoms with Gasteiger partial charge in [0.15, 0.2) is 11.5 Å². The minimum atomic E-state index is 0.577. The number of thiophene rings is 1. The van der Waals surface area contributed by atoms with Crippen molar-refractivity contribution in [3.63, 3.8) is 0 Å². The molecule has 3 aromatic heterocycles. The van der Waals surface area contributed by atoms with Crippen molar-refractivity contribution in [2.45, 2.75) is 6.54 Å². The molecule has 3 heterocycles. The van der Waals surface area contributed by atoms with E-state index in [1.54, 1.807) is 44.0 Å². The van der Waals surface area contributed by atoms with Crippen molar-refractivity contribution in [2.24, 2.45) is 0 Å². The van der Waals surface area contributed by atoms with Crippen LogP contribution in [0.25, 0.3) is 10.7 Å². The Kier molecular flexibility index (Phi) is 3.87. The van der Waals surface area contributed by atoms with Crippen LogP contribution in [0.1, 0.15) is 5.69 Å². The van der Waals surface area contributed by atoms with Gasteiger partial charge in [-0.1, -0.05) is 6.07 Å². The van der Waals surface area contributed by atoms with Gasteiger partial charge in [0.25, 0.3) is 0 Å². The molecular weight excluding hydrogens is 286 g/mol. The van der Waals surface area contributed by atoms with Gasteiger partial charge in [-0.25, -0.2) is 4.98 Å². The highest BCUT2D eigenvalue weighted by Gasteiger charge is 2.14. The standard InChI is InChI=1S/C15H15N3O2S/c1-19-12-5-6-16-11(14(12)20-2)10-18-8-7-17-15(18)13-4-3-9-21-13/h3-9H,10H2,1-2H3. The van der Waals surface area contributed by atoms with Crippen molar-refractivity contribution in [3.8, 4) is 22.2 Å². The summed E-state index contributed by atoms with van der Waals surface area (Å²) < 4.78 is 12.8. The zero-order chi connectivity index (χ0) is 14.7. The predicted octanol–water partition coefficient (Wildman–Crippen LogP) is 3.07. The molecule has 3 rings (SSSR count). The zero-order valence-corrected chi connectivity index (χ0v) is 12.6. The predicted molar refractivity (Wildman–Crippen MR) is 82.0 cm³/mol. The Morgan fingerprint density at radius 3 is 2.76 bits per heavy atom. The second kappa shape index (κ2) is 5.97. The monoisotopic (exact) mass is 301 g/mol. The third-order valence-corrected chi connectivity index (χ3v) is 4.01. The van der Waals surface area contributed by atoms with E-state index in [4.69, 9.17) is 9.47 Å². The first kappa shape index (κ1) is 13.6. The number of hydrogen-bond acceptors (Lipinski definition) is 5. The van der Waals surface area contributed by atoms with Gasteiger partial charge in [-0.2, -0.15) is 0 Å². The van der Waals surface area contributed by atoms with Crippen LogP contribution < -0.4 is 9.47 Å². The molecule has 0 aliphatic rings. The molecule has 108 valence electrons. The largest absolute Gasteiger partial charge is 0.493 e. The van der Waals surface area contributed by atoms with E-state index >= 15 is 0 Å². The molecule has 0 unspecified atom stereocenters. The van der Waals surface area contributed by atoms with Gasteiger partial charge in [-0.3, -0.25) is 4.98 Å². The Bertz CT molecular complexity index is 722. The van der Waals surface area contributed by atoms with E-state index in [1.165, 1.54) is 0 Å². The van der Waals surface area contributed by atoms with Gasteiger partial charge in [0.2, 0.25) is 0 Å². The maximum absolute atomic E-state index is 5.43. The molecule has 0 atom stereocenters. The summed E-state index contributed by atoms with van der Waals surface area (Å²) in [5.41, 5.74) is 0.813. The maximum atomic E-state index is 5.43. The van der Waals surface area contributed by atoms with Crippen LogP contribution in [0.4, 0.5) is 0 Å². The van der Waals surface area contributed by atoms with Crippen LogP contribution in [-0.2, 0) is 6.54 Å². The van der Waals surface area contributed by atoms with Crippen molar-refractivity contribution in [1.82, 2.24) is 14.5 Å². The number of pyridine rings is 1. The highest BCUT2D eigenvalue weighted by molar-refractivity contribution is 7.13. The molecule has 0 radical (unpaired) electrons. The maximum Gasteiger partial charge on any atom is 0.184 e. The summed E-state index contributed by atoms with van der Waals surface area (Å²) in [7, 11) is 3.24. The summed E-state index contributed by atoms with van der Waals surface area (Å²) >= 11 is 1.66. The van der Waals surface area contributed by atoms with Crippen molar-refractivity contribution >= 4 is 11.3 Å². The number of imidazole rings is 1. The molecule has 3 aromatic rings. The molecule has 0 N–H and O–H groups in total. The van der Waals surface area contributed by atoms with Crippen LogP contribution in [0.15, 0.2) is 42.2 Å². The molecule has 5 nitrogen and oxygen atoms in total. The molecule has 0 saturated carbocycles. The van der Waals surface area contributed by atoms with Crippen LogP contribution in [0.3, 0.4) is 0 Å². The Morgan fingerprint density at radius 1 is 1.14 bits per heavy atom. The average Bonchev–Trinajstić information content (AvgIpc) is 3.17.